The first-order valence-corrected chi connectivity index (χ1v) is 10.3. The van der Waals surface area contributed by atoms with Crippen LogP contribution in [0.15, 0.2) is 77.7 Å². The standard InChI is InChI=1S/C21H18ClNO4S/c1-15-2-12-20(13-3-15)28(26,27)23(14-16-4-8-18(22)9-5-16)19-10-6-17(7-11-19)21(24)25/h2-13H,14H2,1H3,(H,24,25). The van der Waals surface area contributed by atoms with Crippen LogP contribution in [-0.4, -0.2) is 19.5 Å². The number of carbonyl (C=O) groups is 1. The molecule has 0 unspecified atom stereocenters. The van der Waals surface area contributed by atoms with E-state index >= 15 is 0 Å². The summed E-state index contributed by atoms with van der Waals surface area (Å²) in [5.41, 5.74) is 2.17. The fraction of sp³-hybridized carbons (Fsp3) is 0.0952. The summed E-state index contributed by atoms with van der Waals surface area (Å²) in [5, 5.41) is 9.65. The zero-order valence-electron chi connectivity index (χ0n) is 15.0. The Labute approximate surface area is 168 Å². The molecule has 0 aliphatic rings. The summed E-state index contributed by atoms with van der Waals surface area (Å²) >= 11 is 5.93. The van der Waals surface area contributed by atoms with E-state index in [9.17, 15) is 13.2 Å². The second-order valence-corrected chi connectivity index (χ2v) is 8.60. The maximum atomic E-state index is 13.3. The third kappa shape index (κ3) is 4.35. The van der Waals surface area contributed by atoms with Crippen molar-refractivity contribution in [2.45, 2.75) is 18.4 Å². The summed E-state index contributed by atoms with van der Waals surface area (Å²) in [6.45, 7) is 1.96. The number of nitrogens with zero attached hydrogens (tertiary/aromatic N) is 1. The van der Waals surface area contributed by atoms with Crippen molar-refractivity contribution >= 4 is 33.3 Å². The van der Waals surface area contributed by atoms with Gasteiger partial charge < -0.3 is 5.11 Å². The molecule has 0 fully saturated rings. The van der Waals surface area contributed by atoms with E-state index < -0.39 is 16.0 Å². The number of aromatic carboxylic acids is 1. The lowest BCUT2D eigenvalue weighted by Gasteiger charge is -2.25. The molecule has 0 amide bonds. The van der Waals surface area contributed by atoms with E-state index in [-0.39, 0.29) is 17.0 Å². The van der Waals surface area contributed by atoms with Crippen LogP contribution in [0.5, 0.6) is 0 Å². The van der Waals surface area contributed by atoms with Crippen molar-refractivity contribution in [3.8, 4) is 0 Å². The van der Waals surface area contributed by atoms with Crippen molar-refractivity contribution in [1.29, 1.82) is 0 Å². The van der Waals surface area contributed by atoms with Gasteiger partial charge in [0.05, 0.1) is 22.7 Å². The predicted molar refractivity (Wildman–Crippen MR) is 109 cm³/mol. The molecular formula is C21H18ClNO4S. The minimum absolute atomic E-state index is 0.0831. The number of sulfonamides is 1. The molecule has 0 spiro atoms. The summed E-state index contributed by atoms with van der Waals surface area (Å²) in [6.07, 6.45) is 0. The Morgan fingerprint density at radius 2 is 1.50 bits per heavy atom. The van der Waals surface area contributed by atoms with Crippen LogP contribution < -0.4 is 4.31 Å². The Morgan fingerprint density at radius 3 is 2.04 bits per heavy atom. The van der Waals surface area contributed by atoms with Crippen molar-refractivity contribution < 1.29 is 18.3 Å². The van der Waals surface area contributed by atoms with Crippen LogP contribution >= 0.6 is 11.6 Å². The summed E-state index contributed by atoms with van der Waals surface area (Å²) < 4.78 is 27.9. The monoisotopic (exact) mass is 415 g/mol. The second kappa shape index (κ2) is 8.04. The third-order valence-corrected chi connectivity index (χ3v) is 6.29. The first kappa shape index (κ1) is 19.9. The maximum Gasteiger partial charge on any atom is 0.335 e. The van der Waals surface area contributed by atoms with E-state index in [4.69, 9.17) is 16.7 Å². The number of anilines is 1. The molecule has 0 heterocycles. The van der Waals surface area contributed by atoms with Gasteiger partial charge in [-0.25, -0.2) is 13.2 Å². The fourth-order valence-electron chi connectivity index (χ4n) is 2.68. The van der Waals surface area contributed by atoms with Gasteiger partial charge in [0, 0.05) is 5.02 Å². The molecule has 0 aliphatic heterocycles. The van der Waals surface area contributed by atoms with Crippen LogP contribution in [0.1, 0.15) is 21.5 Å². The lowest BCUT2D eigenvalue weighted by molar-refractivity contribution is 0.0697. The van der Waals surface area contributed by atoms with Crippen LogP contribution in [0.3, 0.4) is 0 Å². The van der Waals surface area contributed by atoms with E-state index in [1.807, 2.05) is 6.92 Å². The molecule has 0 atom stereocenters. The quantitative estimate of drug-likeness (QED) is 0.630. The summed E-state index contributed by atoms with van der Waals surface area (Å²) in [7, 11) is -3.86. The molecular weight excluding hydrogens is 398 g/mol. The molecule has 0 saturated heterocycles. The normalized spacial score (nSPS) is 11.2. The first-order chi connectivity index (χ1) is 13.3. The van der Waals surface area contributed by atoms with E-state index in [0.29, 0.717) is 10.7 Å². The minimum Gasteiger partial charge on any atom is -0.478 e. The summed E-state index contributed by atoms with van der Waals surface area (Å²) in [6, 6.07) is 19.3. The van der Waals surface area contributed by atoms with E-state index in [2.05, 4.69) is 0 Å². The number of carboxylic acid groups (broad SMARTS) is 1. The lowest BCUT2D eigenvalue weighted by Crippen LogP contribution is -2.30. The van der Waals surface area contributed by atoms with Gasteiger partial charge in [0.2, 0.25) is 0 Å². The van der Waals surface area contributed by atoms with Crippen LogP contribution in [0, 0.1) is 6.92 Å². The Kier molecular flexibility index (Phi) is 5.72. The molecule has 1 N–H and O–H groups in total. The van der Waals surface area contributed by atoms with Gasteiger partial charge in [0.1, 0.15) is 0 Å². The van der Waals surface area contributed by atoms with Crippen molar-refractivity contribution in [3.63, 3.8) is 0 Å². The average molecular weight is 416 g/mol. The Balaban J connectivity index is 2.06. The van der Waals surface area contributed by atoms with Crippen molar-refractivity contribution in [1.82, 2.24) is 0 Å². The molecule has 7 heteroatoms. The molecule has 28 heavy (non-hydrogen) atoms. The highest BCUT2D eigenvalue weighted by Gasteiger charge is 2.25. The molecule has 144 valence electrons. The zero-order valence-corrected chi connectivity index (χ0v) is 16.6. The molecule has 5 nitrogen and oxygen atoms in total. The summed E-state index contributed by atoms with van der Waals surface area (Å²) in [4.78, 5) is 11.3. The number of benzene rings is 3. The fourth-order valence-corrected chi connectivity index (χ4v) is 4.26. The highest BCUT2D eigenvalue weighted by molar-refractivity contribution is 7.92. The van der Waals surface area contributed by atoms with Crippen molar-refractivity contribution in [2.24, 2.45) is 0 Å². The Bertz CT molecular complexity index is 1080. The van der Waals surface area contributed by atoms with Gasteiger partial charge in [-0.15, -0.1) is 0 Å². The SMILES string of the molecule is Cc1ccc(S(=O)(=O)N(Cc2ccc(Cl)cc2)c2ccc(C(=O)O)cc2)cc1. The van der Waals surface area contributed by atoms with E-state index in [1.165, 1.54) is 28.6 Å². The van der Waals surface area contributed by atoms with Crippen molar-refractivity contribution in [2.75, 3.05) is 4.31 Å². The van der Waals surface area contributed by atoms with E-state index in [1.54, 1.807) is 48.5 Å². The molecule has 0 aromatic heterocycles. The van der Waals surface area contributed by atoms with Crippen LogP contribution in [0.2, 0.25) is 5.02 Å². The smallest absolute Gasteiger partial charge is 0.335 e. The van der Waals surface area contributed by atoms with Gasteiger partial charge in [-0.2, -0.15) is 0 Å². The van der Waals surface area contributed by atoms with Crippen LogP contribution in [0.25, 0.3) is 0 Å². The van der Waals surface area contributed by atoms with E-state index in [0.717, 1.165) is 11.1 Å². The van der Waals surface area contributed by atoms with Gasteiger partial charge in [0.15, 0.2) is 0 Å². The Morgan fingerprint density at radius 1 is 0.929 bits per heavy atom. The lowest BCUT2D eigenvalue weighted by atomic mass is 10.2. The first-order valence-electron chi connectivity index (χ1n) is 8.44. The van der Waals surface area contributed by atoms with Gasteiger partial charge in [0.25, 0.3) is 10.0 Å². The average Bonchev–Trinajstić information content (AvgIpc) is 2.68. The predicted octanol–water partition coefficient (Wildman–Crippen LogP) is 4.74. The van der Waals surface area contributed by atoms with Crippen molar-refractivity contribution in [3.05, 3.63) is 94.5 Å². The number of halogens is 1. The highest BCUT2D eigenvalue weighted by Crippen LogP contribution is 2.27. The zero-order chi connectivity index (χ0) is 20.3. The third-order valence-electron chi connectivity index (χ3n) is 4.25. The number of aryl methyl sites for hydroxylation is 1. The molecule has 3 aromatic rings. The van der Waals surface area contributed by atoms with Gasteiger partial charge in [-0.1, -0.05) is 41.4 Å². The molecule has 0 radical (unpaired) electrons. The maximum absolute atomic E-state index is 13.3. The number of rotatable bonds is 6. The van der Waals surface area contributed by atoms with Crippen LogP contribution in [-0.2, 0) is 16.6 Å². The number of hydrogen-bond acceptors (Lipinski definition) is 3. The molecule has 3 aromatic carbocycles. The molecule has 0 aliphatic carbocycles. The Hall–Kier alpha value is -2.83. The topological polar surface area (TPSA) is 74.7 Å². The van der Waals surface area contributed by atoms with Gasteiger partial charge in [-0.05, 0) is 61.0 Å². The number of hydrogen-bond donors (Lipinski definition) is 1. The van der Waals surface area contributed by atoms with Gasteiger partial charge >= 0.3 is 5.97 Å². The highest BCUT2D eigenvalue weighted by atomic mass is 35.5. The minimum atomic E-state index is -3.86. The van der Waals surface area contributed by atoms with Crippen LogP contribution in [0.4, 0.5) is 5.69 Å². The molecule has 0 saturated carbocycles. The number of carboxylic acids is 1. The molecule has 3 rings (SSSR count). The van der Waals surface area contributed by atoms with Gasteiger partial charge in [-0.3, -0.25) is 4.31 Å². The second-order valence-electron chi connectivity index (χ2n) is 6.30. The molecule has 0 bridgehead atoms. The summed E-state index contributed by atoms with van der Waals surface area (Å²) in [5.74, 6) is -1.07. The largest absolute Gasteiger partial charge is 0.478 e.